The van der Waals surface area contributed by atoms with Crippen LogP contribution < -0.4 is 0 Å². The van der Waals surface area contributed by atoms with Gasteiger partial charge < -0.3 is 9.64 Å². The van der Waals surface area contributed by atoms with Crippen LogP contribution >= 0.6 is 0 Å². The van der Waals surface area contributed by atoms with Gasteiger partial charge in [0, 0.05) is 6.54 Å². The molecule has 1 fully saturated rings. The third-order valence-corrected chi connectivity index (χ3v) is 2.77. The first kappa shape index (κ1) is 11.5. The number of aromatic amines is 1. The van der Waals surface area contributed by atoms with Crippen LogP contribution in [0.1, 0.15) is 29.9 Å². The second kappa shape index (κ2) is 4.89. The van der Waals surface area contributed by atoms with Gasteiger partial charge in [-0.1, -0.05) is 0 Å². The molecule has 92 valence electrons. The summed E-state index contributed by atoms with van der Waals surface area (Å²) in [4.78, 5) is 25.0. The average molecular weight is 239 g/mol. The molecule has 1 unspecified atom stereocenters. The summed E-state index contributed by atoms with van der Waals surface area (Å²) in [5.41, 5.74) is 0. The van der Waals surface area contributed by atoms with Gasteiger partial charge in [-0.3, -0.25) is 4.79 Å². The van der Waals surface area contributed by atoms with E-state index < -0.39 is 17.9 Å². The van der Waals surface area contributed by atoms with Crippen molar-refractivity contribution in [3.8, 4) is 0 Å². The molecule has 0 bridgehead atoms. The van der Waals surface area contributed by atoms with Gasteiger partial charge >= 0.3 is 5.97 Å². The van der Waals surface area contributed by atoms with E-state index in [2.05, 4.69) is 20.6 Å². The molecule has 2 heterocycles. The molecule has 0 aromatic carbocycles. The molecule has 1 N–H and O–H groups in total. The number of H-pyrrole nitrogens is 1. The molecule has 1 atom stereocenters. The van der Waals surface area contributed by atoms with Crippen LogP contribution in [0.4, 0.5) is 0 Å². The van der Waals surface area contributed by atoms with Crippen LogP contribution in [0, 0.1) is 0 Å². The molecule has 1 saturated heterocycles. The van der Waals surface area contributed by atoms with Crippen LogP contribution in [0.2, 0.25) is 0 Å². The van der Waals surface area contributed by atoms with E-state index in [9.17, 15) is 9.59 Å². The Kier molecular flexibility index (Phi) is 3.31. The number of esters is 1. The van der Waals surface area contributed by atoms with E-state index in [-0.39, 0.29) is 5.82 Å². The summed E-state index contributed by atoms with van der Waals surface area (Å²) >= 11 is 0. The highest BCUT2D eigenvalue weighted by atomic mass is 16.5. The minimum absolute atomic E-state index is 0.0270. The van der Waals surface area contributed by atoms with Gasteiger partial charge in [0.05, 0.1) is 7.11 Å². The lowest BCUT2D eigenvalue weighted by Gasteiger charge is -2.32. The van der Waals surface area contributed by atoms with E-state index >= 15 is 0 Å². The van der Waals surface area contributed by atoms with Gasteiger partial charge in [-0.25, -0.2) is 4.79 Å². The third-order valence-electron chi connectivity index (χ3n) is 2.77. The molecular weight excluding hydrogens is 226 g/mol. The Hall–Kier alpha value is -1.99. The van der Waals surface area contributed by atoms with Crippen LogP contribution in [0.3, 0.4) is 0 Å². The lowest BCUT2D eigenvalue weighted by Crippen LogP contribution is -2.48. The second-order valence-electron chi connectivity index (χ2n) is 3.77. The average Bonchev–Trinajstić information content (AvgIpc) is 2.91. The number of carbonyl (C=O) groups excluding carboxylic acids is 2. The number of nitrogens with one attached hydrogen (secondary N) is 1. The summed E-state index contributed by atoms with van der Waals surface area (Å²) in [5, 5.41) is 12.8. The smallest absolute Gasteiger partial charge is 0.328 e. The zero-order valence-corrected chi connectivity index (χ0v) is 9.42. The number of tetrazole rings is 1. The number of amides is 1. The SMILES string of the molecule is COC(=O)C1CCCCN1C(=O)c1nn[nH]n1. The minimum atomic E-state index is -0.542. The quantitative estimate of drug-likeness (QED) is 0.689. The van der Waals surface area contributed by atoms with Gasteiger partial charge in [0.1, 0.15) is 6.04 Å². The standard InChI is InChI=1S/C9H13N5O3/c1-17-9(16)6-4-2-3-5-14(6)8(15)7-10-12-13-11-7/h6H,2-5H2,1H3,(H,10,11,12,13). The van der Waals surface area contributed by atoms with E-state index in [4.69, 9.17) is 4.74 Å². The van der Waals surface area contributed by atoms with E-state index in [0.717, 1.165) is 12.8 Å². The van der Waals surface area contributed by atoms with Gasteiger partial charge in [0.15, 0.2) is 0 Å². The first-order valence-corrected chi connectivity index (χ1v) is 5.36. The summed E-state index contributed by atoms with van der Waals surface area (Å²) in [5.74, 6) is -0.823. The second-order valence-corrected chi connectivity index (χ2v) is 3.77. The Labute approximate surface area is 97.3 Å². The van der Waals surface area contributed by atoms with E-state index in [1.54, 1.807) is 0 Å². The molecule has 8 heteroatoms. The molecule has 1 aromatic rings. The molecule has 0 saturated carbocycles. The zero-order chi connectivity index (χ0) is 12.3. The topological polar surface area (TPSA) is 101 Å². The number of nitrogens with zero attached hydrogens (tertiary/aromatic N) is 4. The monoisotopic (exact) mass is 239 g/mol. The summed E-state index contributed by atoms with van der Waals surface area (Å²) in [6, 6.07) is -0.542. The number of likely N-dealkylation sites (tertiary alicyclic amines) is 1. The fourth-order valence-corrected chi connectivity index (χ4v) is 1.94. The Morgan fingerprint density at radius 1 is 1.47 bits per heavy atom. The molecule has 17 heavy (non-hydrogen) atoms. The first-order valence-electron chi connectivity index (χ1n) is 5.36. The van der Waals surface area contributed by atoms with Crippen molar-refractivity contribution in [3.05, 3.63) is 5.82 Å². The lowest BCUT2D eigenvalue weighted by molar-refractivity contribution is -0.147. The van der Waals surface area contributed by atoms with E-state index in [1.165, 1.54) is 12.0 Å². The maximum atomic E-state index is 12.0. The number of rotatable bonds is 2. The highest BCUT2D eigenvalue weighted by Gasteiger charge is 2.34. The van der Waals surface area contributed by atoms with Crippen molar-refractivity contribution >= 4 is 11.9 Å². The number of ether oxygens (including phenoxy) is 1. The Bertz CT molecular complexity index is 405. The summed E-state index contributed by atoms with van der Waals surface area (Å²) < 4.78 is 4.69. The maximum Gasteiger partial charge on any atom is 0.328 e. The molecule has 1 aliphatic rings. The molecule has 1 aliphatic heterocycles. The molecule has 1 amide bonds. The number of carbonyl (C=O) groups is 2. The fraction of sp³-hybridized carbons (Fsp3) is 0.667. The van der Waals surface area contributed by atoms with Crippen LogP contribution in [0.25, 0.3) is 0 Å². The Balaban J connectivity index is 2.16. The summed E-state index contributed by atoms with van der Waals surface area (Å²) in [6.07, 6.45) is 2.36. The Morgan fingerprint density at radius 3 is 2.94 bits per heavy atom. The van der Waals surface area contributed by atoms with Crippen molar-refractivity contribution in [2.24, 2.45) is 0 Å². The molecule has 0 spiro atoms. The number of aromatic nitrogens is 4. The van der Waals surface area contributed by atoms with Crippen molar-refractivity contribution in [1.29, 1.82) is 0 Å². The zero-order valence-electron chi connectivity index (χ0n) is 9.42. The maximum absolute atomic E-state index is 12.0. The first-order chi connectivity index (χ1) is 8.24. The van der Waals surface area contributed by atoms with Crippen LogP contribution in [-0.2, 0) is 9.53 Å². The summed E-state index contributed by atoms with van der Waals surface area (Å²) in [7, 11) is 1.31. The molecule has 8 nitrogen and oxygen atoms in total. The van der Waals surface area contributed by atoms with Crippen molar-refractivity contribution < 1.29 is 14.3 Å². The van der Waals surface area contributed by atoms with Gasteiger partial charge in [-0.05, 0) is 24.5 Å². The molecular formula is C9H13N5O3. The molecule has 0 radical (unpaired) electrons. The predicted octanol–water partition coefficient (Wildman–Crippen LogP) is -0.633. The van der Waals surface area contributed by atoms with Gasteiger partial charge in [0.25, 0.3) is 11.7 Å². The van der Waals surface area contributed by atoms with Gasteiger partial charge in [-0.15, -0.1) is 10.2 Å². The lowest BCUT2D eigenvalue weighted by atomic mass is 10.0. The number of hydrogen-bond donors (Lipinski definition) is 1. The largest absolute Gasteiger partial charge is 0.467 e. The van der Waals surface area contributed by atoms with Crippen LogP contribution in [0.5, 0.6) is 0 Å². The number of methoxy groups -OCH3 is 1. The molecule has 2 rings (SSSR count). The van der Waals surface area contributed by atoms with Crippen LogP contribution in [-0.4, -0.2) is 57.1 Å². The van der Waals surface area contributed by atoms with Crippen molar-refractivity contribution in [2.75, 3.05) is 13.7 Å². The number of piperidine rings is 1. The van der Waals surface area contributed by atoms with Crippen molar-refractivity contribution in [2.45, 2.75) is 25.3 Å². The van der Waals surface area contributed by atoms with Gasteiger partial charge in [0.2, 0.25) is 0 Å². The molecule has 0 aliphatic carbocycles. The normalized spacial score (nSPS) is 20.1. The van der Waals surface area contributed by atoms with Crippen molar-refractivity contribution in [3.63, 3.8) is 0 Å². The highest BCUT2D eigenvalue weighted by molar-refractivity contribution is 5.93. The summed E-state index contributed by atoms with van der Waals surface area (Å²) in [6.45, 7) is 0.507. The Morgan fingerprint density at radius 2 is 2.29 bits per heavy atom. The third kappa shape index (κ3) is 2.24. The predicted molar refractivity (Wildman–Crippen MR) is 54.9 cm³/mol. The van der Waals surface area contributed by atoms with E-state index in [0.29, 0.717) is 13.0 Å². The molecule has 1 aromatic heterocycles. The fourth-order valence-electron chi connectivity index (χ4n) is 1.94. The highest BCUT2D eigenvalue weighted by Crippen LogP contribution is 2.19. The minimum Gasteiger partial charge on any atom is -0.467 e. The van der Waals surface area contributed by atoms with Gasteiger partial charge in [-0.2, -0.15) is 5.21 Å². The van der Waals surface area contributed by atoms with E-state index in [1.807, 2.05) is 0 Å². The van der Waals surface area contributed by atoms with Crippen molar-refractivity contribution in [1.82, 2.24) is 25.5 Å². The number of hydrogen-bond acceptors (Lipinski definition) is 6. The van der Waals surface area contributed by atoms with Crippen LogP contribution in [0.15, 0.2) is 0 Å².